The molecule has 0 fully saturated rings. The van der Waals surface area contributed by atoms with E-state index in [2.05, 4.69) is 30.0 Å². The van der Waals surface area contributed by atoms with E-state index in [0.717, 1.165) is 19.4 Å². The van der Waals surface area contributed by atoms with Crippen LogP contribution in [0.2, 0.25) is 0 Å². The van der Waals surface area contributed by atoms with Crippen LogP contribution < -0.4 is 4.90 Å². The molecule has 0 amide bonds. The molecule has 0 radical (unpaired) electrons. The van der Waals surface area contributed by atoms with Crippen LogP contribution in [0.1, 0.15) is 24.0 Å². The van der Waals surface area contributed by atoms with Crippen molar-refractivity contribution in [3.8, 4) is 0 Å². The Bertz CT molecular complexity index is 488. The summed E-state index contributed by atoms with van der Waals surface area (Å²) in [6.07, 6.45) is 4.54. The lowest BCUT2D eigenvalue weighted by Crippen LogP contribution is -2.33. The highest BCUT2D eigenvalue weighted by molar-refractivity contribution is 5.93. The van der Waals surface area contributed by atoms with Crippen molar-refractivity contribution in [3.05, 3.63) is 41.1 Å². The van der Waals surface area contributed by atoms with Gasteiger partial charge in [0.15, 0.2) is 5.78 Å². The minimum atomic E-state index is 0.279. The molecule has 0 spiro atoms. The second kappa shape index (κ2) is 3.48. The van der Waals surface area contributed by atoms with E-state index in [4.69, 9.17) is 0 Å². The predicted molar refractivity (Wildman–Crippen MR) is 64.6 cm³/mol. The average Bonchev–Trinajstić information content (AvgIpc) is 2.28. The van der Waals surface area contributed by atoms with Crippen LogP contribution in [-0.2, 0) is 11.2 Å². The molecule has 16 heavy (non-hydrogen) atoms. The molecule has 3 rings (SSSR count). The lowest BCUT2D eigenvalue weighted by atomic mass is 9.94. The minimum Gasteiger partial charge on any atom is -0.344 e. The van der Waals surface area contributed by atoms with Crippen molar-refractivity contribution in [3.63, 3.8) is 0 Å². The standard InChI is InChI=1S/C14H15NO/c1-10-2-5-14-11(8-10)3-4-12-9-13(16)6-7-15(12)14/h2,5,8-9H,3-4,6-7H2,1H3. The van der Waals surface area contributed by atoms with E-state index in [1.165, 1.54) is 22.5 Å². The Morgan fingerprint density at radius 1 is 1.19 bits per heavy atom. The maximum atomic E-state index is 11.4. The first-order valence-electron chi connectivity index (χ1n) is 5.84. The Balaban J connectivity index is 2.07. The number of carbonyl (C=O) groups excluding carboxylic acids is 1. The Morgan fingerprint density at radius 2 is 2.06 bits per heavy atom. The maximum Gasteiger partial charge on any atom is 0.159 e. The van der Waals surface area contributed by atoms with Crippen molar-refractivity contribution in [2.45, 2.75) is 26.2 Å². The molecule has 1 aromatic carbocycles. The molecule has 0 unspecified atom stereocenters. The monoisotopic (exact) mass is 213 g/mol. The van der Waals surface area contributed by atoms with Gasteiger partial charge in [0.25, 0.3) is 0 Å². The topological polar surface area (TPSA) is 20.3 Å². The summed E-state index contributed by atoms with van der Waals surface area (Å²) in [6.45, 7) is 2.98. The number of ketones is 1. The van der Waals surface area contributed by atoms with Gasteiger partial charge < -0.3 is 4.90 Å². The van der Waals surface area contributed by atoms with E-state index in [1.807, 2.05) is 6.08 Å². The summed E-state index contributed by atoms with van der Waals surface area (Å²) >= 11 is 0. The van der Waals surface area contributed by atoms with E-state index in [0.29, 0.717) is 6.42 Å². The van der Waals surface area contributed by atoms with Crippen LogP contribution >= 0.6 is 0 Å². The largest absolute Gasteiger partial charge is 0.344 e. The second-order valence-corrected chi connectivity index (χ2v) is 4.64. The molecule has 0 N–H and O–H groups in total. The number of benzene rings is 1. The molecule has 2 heterocycles. The fourth-order valence-electron chi connectivity index (χ4n) is 2.62. The fraction of sp³-hybridized carbons (Fsp3) is 0.357. The van der Waals surface area contributed by atoms with Crippen molar-refractivity contribution < 1.29 is 4.79 Å². The van der Waals surface area contributed by atoms with Crippen molar-refractivity contribution in [1.29, 1.82) is 0 Å². The third kappa shape index (κ3) is 1.45. The molecule has 0 saturated heterocycles. The molecule has 2 heteroatoms. The van der Waals surface area contributed by atoms with Gasteiger partial charge in [0, 0.05) is 30.4 Å². The molecule has 0 atom stereocenters. The van der Waals surface area contributed by atoms with Crippen LogP contribution in [0.25, 0.3) is 0 Å². The molecular formula is C14H15NO. The fourth-order valence-corrected chi connectivity index (χ4v) is 2.62. The number of nitrogens with zero attached hydrogens (tertiary/aromatic N) is 1. The van der Waals surface area contributed by atoms with Crippen LogP contribution in [0.5, 0.6) is 0 Å². The van der Waals surface area contributed by atoms with Gasteiger partial charge in [-0.15, -0.1) is 0 Å². The number of fused-ring (bicyclic) bond motifs is 3. The molecular weight excluding hydrogens is 198 g/mol. The zero-order valence-electron chi connectivity index (χ0n) is 9.49. The first-order chi connectivity index (χ1) is 7.74. The van der Waals surface area contributed by atoms with E-state index in [1.54, 1.807) is 0 Å². The van der Waals surface area contributed by atoms with Crippen molar-refractivity contribution in [2.24, 2.45) is 0 Å². The summed E-state index contributed by atoms with van der Waals surface area (Å²) in [5.74, 6) is 0.279. The lowest BCUT2D eigenvalue weighted by Gasteiger charge is -2.35. The number of anilines is 1. The molecule has 2 aliphatic rings. The Kier molecular flexibility index (Phi) is 2.10. The normalized spacial score (nSPS) is 18.9. The number of aryl methyl sites for hydroxylation is 2. The van der Waals surface area contributed by atoms with Crippen LogP contribution in [0.4, 0.5) is 5.69 Å². The minimum absolute atomic E-state index is 0.279. The quantitative estimate of drug-likeness (QED) is 0.660. The summed E-state index contributed by atoms with van der Waals surface area (Å²) in [4.78, 5) is 13.7. The van der Waals surface area contributed by atoms with Crippen molar-refractivity contribution >= 4 is 11.5 Å². The van der Waals surface area contributed by atoms with Crippen LogP contribution in [0.3, 0.4) is 0 Å². The summed E-state index contributed by atoms with van der Waals surface area (Å²) in [7, 11) is 0. The average molecular weight is 213 g/mol. The molecule has 0 aromatic heterocycles. The Hall–Kier alpha value is -1.57. The third-order valence-electron chi connectivity index (χ3n) is 3.43. The molecule has 0 bridgehead atoms. The molecule has 0 saturated carbocycles. The summed E-state index contributed by atoms with van der Waals surface area (Å²) in [6, 6.07) is 6.61. The number of rotatable bonds is 0. The van der Waals surface area contributed by atoms with E-state index >= 15 is 0 Å². The molecule has 1 aromatic rings. The highest BCUT2D eigenvalue weighted by Gasteiger charge is 2.25. The van der Waals surface area contributed by atoms with E-state index in [9.17, 15) is 4.79 Å². The first kappa shape index (κ1) is 9.64. The molecule has 0 aliphatic carbocycles. The molecule has 2 aliphatic heterocycles. The van der Waals surface area contributed by atoms with Crippen LogP contribution in [0, 0.1) is 6.92 Å². The van der Waals surface area contributed by atoms with E-state index < -0.39 is 0 Å². The summed E-state index contributed by atoms with van der Waals surface area (Å²) < 4.78 is 0. The predicted octanol–water partition coefficient (Wildman–Crippen LogP) is 2.60. The van der Waals surface area contributed by atoms with Gasteiger partial charge in [-0.2, -0.15) is 0 Å². The maximum absolute atomic E-state index is 11.4. The summed E-state index contributed by atoms with van der Waals surface area (Å²) in [5.41, 5.74) is 5.24. The molecule has 82 valence electrons. The van der Waals surface area contributed by atoms with Gasteiger partial charge in [-0.3, -0.25) is 4.79 Å². The molecule has 2 nitrogen and oxygen atoms in total. The van der Waals surface area contributed by atoms with Gasteiger partial charge in [-0.25, -0.2) is 0 Å². The zero-order valence-corrected chi connectivity index (χ0v) is 9.49. The van der Waals surface area contributed by atoms with Gasteiger partial charge in [0.1, 0.15) is 0 Å². The number of hydrogen-bond acceptors (Lipinski definition) is 2. The Labute approximate surface area is 95.6 Å². The third-order valence-corrected chi connectivity index (χ3v) is 3.43. The number of allylic oxidation sites excluding steroid dienone is 2. The van der Waals surface area contributed by atoms with Gasteiger partial charge in [0.05, 0.1) is 0 Å². The zero-order chi connectivity index (χ0) is 11.1. The van der Waals surface area contributed by atoms with Crippen LogP contribution in [0.15, 0.2) is 30.0 Å². The highest BCUT2D eigenvalue weighted by Crippen LogP contribution is 2.34. The van der Waals surface area contributed by atoms with Gasteiger partial charge >= 0.3 is 0 Å². The number of carbonyl (C=O) groups is 1. The van der Waals surface area contributed by atoms with Gasteiger partial charge in [-0.05, 0) is 31.4 Å². The van der Waals surface area contributed by atoms with Crippen LogP contribution in [-0.4, -0.2) is 12.3 Å². The Morgan fingerprint density at radius 3 is 2.94 bits per heavy atom. The highest BCUT2D eigenvalue weighted by atomic mass is 16.1. The number of hydrogen-bond donors (Lipinski definition) is 0. The van der Waals surface area contributed by atoms with Crippen molar-refractivity contribution in [2.75, 3.05) is 11.4 Å². The SMILES string of the molecule is Cc1ccc2c(c1)CCC1=CC(=O)CCN12. The van der Waals surface area contributed by atoms with Gasteiger partial charge in [-0.1, -0.05) is 17.7 Å². The lowest BCUT2D eigenvalue weighted by molar-refractivity contribution is -0.114. The van der Waals surface area contributed by atoms with E-state index in [-0.39, 0.29) is 5.78 Å². The smallest absolute Gasteiger partial charge is 0.159 e. The first-order valence-corrected chi connectivity index (χ1v) is 5.84. The van der Waals surface area contributed by atoms with Gasteiger partial charge in [0.2, 0.25) is 0 Å². The van der Waals surface area contributed by atoms with Crippen molar-refractivity contribution in [1.82, 2.24) is 0 Å². The summed E-state index contributed by atoms with van der Waals surface area (Å²) in [5, 5.41) is 0. The second-order valence-electron chi connectivity index (χ2n) is 4.64.